The van der Waals surface area contributed by atoms with Crippen LogP contribution in [-0.2, 0) is 4.84 Å². The summed E-state index contributed by atoms with van der Waals surface area (Å²) in [6.07, 6.45) is 1.34. The van der Waals surface area contributed by atoms with Gasteiger partial charge in [0.1, 0.15) is 0 Å². The highest BCUT2D eigenvalue weighted by Gasteiger charge is 2.54. The molecule has 15 heavy (non-hydrogen) atoms. The van der Waals surface area contributed by atoms with E-state index < -0.39 is 0 Å². The average Bonchev–Trinajstić information content (AvgIpc) is 2.32. The SMILES string of the molecule is CC1CC(C)[C@@H]2[C@@H](C1C)C(C)(C)ON2C. The Bertz CT molecular complexity index is 251. The molecule has 1 saturated heterocycles. The summed E-state index contributed by atoms with van der Waals surface area (Å²) < 4.78 is 0. The van der Waals surface area contributed by atoms with E-state index in [0.29, 0.717) is 12.0 Å². The Morgan fingerprint density at radius 3 is 2.33 bits per heavy atom. The minimum absolute atomic E-state index is 0.0156. The molecule has 5 atom stereocenters. The van der Waals surface area contributed by atoms with Crippen molar-refractivity contribution in [3.8, 4) is 0 Å². The number of hydrogen-bond donors (Lipinski definition) is 0. The van der Waals surface area contributed by atoms with Crippen LogP contribution in [0.15, 0.2) is 0 Å². The first-order valence-corrected chi connectivity index (χ1v) is 6.26. The standard InChI is InChI=1S/C13H25NO/c1-8-7-9(2)12-11(10(8)3)13(4,5)15-14(12)6/h8-12H,7H2,1-6H3/t8?,9?,10?,11-,12-/m1/s1. The van der Waals surface area contributed by atoms with E-state index in [9.17, 15) is 0 Å². The molecule has 2 nitrogen and oxygen atoms in total. The van der Waals surface area contributed by atoms with Gasteiger partial charge in [-0.3, -0.25) is 4.84 Å². The van der Waals surface area contributed by atoms with Crippen LogP contribution in [0.4, 0.5) is 0 Å². The lowest BCUT2D eigenvalue weighted by Crippen LogP contribution is -2.47. The third-order valence-electron chi connectivity index (χ3n) is 4.76. The molecular weight excluding hydrogens is 186 g/mol. The van der Waals surface area contributed by atoms with Crippen LogP contribution in [0.5, 0.6) is 0 Å². The van der Waals surface area contributed by atoms with Gasteiger partial charge in [0.2, 0.25) is 0 Å². The summed E-state index contributed by atoms with van der Waals surface area (Å²) in [5.74, 6) is 3.04. The molecule has 2 fully saturated rings. The first-order valence-electron chi connectivity index (χ1n) is 6.26. The summed E-state index contributed by atoms with van der Waals surface area (Å²) in [4.78, 5) is 6.02. The predicted molar refractivity (Wildman–Crippen MR) is 62.3 cm³/mol. The minimum atomic E-state index is 0.0156. The van der Waals surface area contributed by atoms with E-state index in [2.05, 4.69) is 46.7 Å². The van der Waals surface area contributed by atoms with Crippen LogP contribution in [0.1, 0.15) is 41.0 Å². The zero-order chi connectivity index (χ0) is 11.4. The van der Waals surface area contributed by atoms with Crippen LogP contribution >= 0.6 is 0 Å². The Kier molecular flexibility index (Phi) is 2.63. The molecule has 0 aromatic heterocycles. The van der Waals surface area contributed by atoms with Gasteiger partial charge >= 0.3 is 0 Å². The molecule has 3 unspecified atom stereocenters. The Hall–Kier alpha value is -0.0800. The molecule has 0 aromatic carbocycles. The topological polar surface area (TPSA) is 12.5 Å². The summed E-state index contributed by atoms with van der Waals surface area (Å²) in [7, 11) is 2.10. The van der Waals surface area contributed by atoms with Gasteiger partial charge in [-0.25, -0.2) is 0 Å². The monoisotopic (exact) mass is 211 g/mol. The van der Waals surface area contributed by atoms with Gasteiger partial charge in [-0.15, -0.1) is 0 Å². The molecule has 0 bridgehead atoms. The van der Waals surface area contributed by atoms with Crippen molar-refractivity contribution in [2.24, 2.45) is 23.7 Å². The molecule has 1 heterocycles. The van der Waals surface area contributed by atoms with E-state index in [1.54, 1.807) is 0 Å². The Balaban J connectivity index is 2.31. The second-order valence-electron chi connectivity index (χ2n) is 6.31. The summed E-state index contributed by atoms with van der Waals surface area (Å²) in [6, 6.07) is 0.617. The van der Waals surface area contributed by atoms with Crippen LogP contribution < -0.4 is 0 Å². The molecule has 2 rings (SSSR count). The number of fused-ring (bicyclic) bond motifs is 1. The fourth-order valence-electron chi connectivity index (χ4n) is 4.08. The van der Waals surface area contributed by atoms with Gasteiger partial charge in [0.25, 0.3) is 0 Å². The third-order valence-corrected chi connectivity index (χ3v) is 4.76. The highest BCUT2D eigenvalue weighted by molar-refractivity contribution is 5.01. The van der Waals surface area contributed by atoms with Gasteiger partial charge in [-0.1, -0.05) is 20.8 Å². The number of nitrogens with zero attached hydrogens (tertiary/aromatic N) is 1. The highest BCUT2D eigenvalue weighted by atomic mass is 16.7. The van der Waals surface area contributed by atoms with Crippen molar-refractivity contribution in [3.63, 3.8) is 0 Å². The molecule has 1 saturated carbocycles. The maximum atomic E-state index is 6.02. The molecule has 0 amide bonds. The maximum absolute atomic E-state index is 6.02. The normalized spacial score (nSPS) is 50.4. The Morgan fingerprint density at radius 1 is 1.13 bits per heavy atom. The lowest BCUT2D eigenvalue weighted by molar-refractivity contribution is -0.182. The van der Waals surface area contributed by atoms with E-state index in [1.807, 2.05) is 0 Å². The minimum Gasteiger partial charge on any atom is -0.293 e. The van der Waals surface area contributed by atoms with Crippen molar-refractivity contribution in [1.82, 2.24) is 5.06 Å². The molecule has 0 aromatic rings. The second-order valence-corrected chi connectivity index (χ2v) is 6.31. The summed E-state index contributed by atoms with van der Waals surface area (Å²) in [6.45, 7) is 11.7. The summed E-state index contributed by atoms with van der Waals surface area (Å²) in [5.41, 5.74) is 0.0156. The van der Waals surface area contributed by atoms with Crippen molar-refractivity contribution in [1.29, 1.82) is 0 Å². The van der Waals surface area contributed by atoms with E-state index >= 15 is 0 Å². The van der Waals surface area contributed by atoms with Gasteiger partial charge in [0.15, 0.2) is 0 Å². The molecule has 88 valence electrons. The smallest absolute Gasteiger partial charge is 0.0890 e. The van der Waals surface area contributed by atoms with Crippen molar-refractivity contribution in [3.05, 3.63) is 0 Å². The molecular formula is C13H25NO. The second kappa shape index (κ2) is 3.46. The maximum Gasteiger partial charge on any atom is 0.0890 e. The Morgan fingerprint density at radius 2 is 1.73 bits per heavy atom. The molecule has 2 aliphatic rings. The average molecular weight is 211 g/mol. The van der Waals surface area contributed by atoms with Crippen molar-refractivity contribution in [2.75, 3.05) is 7.05 Å². The fraction of sp³-hybridized carbons (Fsp3) is 1.00. The zero-order valence-electron chi connectivity index (χ0n) is 10.9. The van der Waals surface area contributed by atoms with Gasteiger partial charge in [0, 0.05) is 19.0 Å². The van der Waals surface area contributed by atoms with Crippen molar-refractivity contribution >= 4 is 0 Å². The molecule has 1 aliphatic carbocycles. The van der Waals surface area contributed by atoms with E-state index in [1.165, 1.54) is 6.42 Å². The van der Waals surface area contributed by atoms with Crippen molar-refractivity contribution < 1.29 is 4.84 Å². The van der Waals surface area contributed by atoms with Crippen LogP contribution in [0.3, 0.4) is 0 Å². The number of hydroxylamine groups is 2. The first kappa shape index (κ1) is 11.4. The third kappa shape index (κ3) is 1.62. The van der Waals surface area contributed by atoms with Crippen molar-refractivity contribution in [2.45, 2.75) is 52.7 Å². The lowest BCUT2D eigenvalue weighted by atomic mass is 9.62. The van der Waals surface area contributed by atoms with Crippen LogP contribution in [0.2, 0.25) is 0 Å². The van der Waals surface area contributed by atoms with Crippen LogP contribution in [-0.4, -0.2) is 23.8 Å². The first-order chi connectivity index (χ1) is 6.84. The highest BCUT2D eigenvalue weighted by Crippen LogP contribution is 2.50. The number of hydrogen-bond acceptors (Lipinski definition) is 2. The van der Waals surface area contributed by atoms with E-state index in [0.717, 1.165) is 17.8 Å². The van der Waals surface area contributed by atoms with Gasteiger partial charge < -0.3 is 0 Å². The summed E-state index contributed by atoms with van der Waals surface area (Å²) >= 11 is 0. The van der Waals surface area contributed by atoms with Crippen LogP contribution in [0, 0.1) is 23.7 Å². The zero-order valence-corrected chi connectivity index (χ0v) is 10.9. The van der Waals surface area contributed by atoms with Gasteiger partial charge in [-0.05, 0) is 38.0 Å². The molecule has 1 aliphatic heterocycles. The molecule has 0 radical (unpaired) electrons. The molecule has 0 spiro atoms. The Labute approximate surface area is 93.9 Å². The van der Waals surface area contributed by atoms with E-state index in [-0.39, 0.29) is 5.60 Å². The quantitative estimate of drug-likeness (QED) is 0.611. The molecule has 2 heteroatoms. The summed E-state index contributed by atoms with van der Waals surface area (Å²) in [5, 5.41) is 2.12. The van der Waals surface area contributed by atoms with Crippen LogP contribution in [0.25, 0.3) is 0 Å². The number of rotatable bonds is 0. The fourth-order valence-corrected chi connectivity index (χ4v) is 4.08. The predicted octanol–water partition coefficient (Wildman–Crippen LogP) is 2.94. The lowest BCUT2D eigenvalue weighted by Gasteiger charge is -2.43. The largest absolute Gasteiger partial charge is 0.293 e. The molecule has 0 N–H and O–H groups in total. The van der Waals surface area contributed by atoms with Gasteiger partial charge in [0.05, 0.1) is 5.60 Å². The van der Waals surface area contributed by atoms with Gasteiger partial charge in [-0.2, -0.15) is 5.06 Å². The van der Waals surface area contributed by atoms with E-state index in [4.69, 9.17) is 4.84 Å².